The fourth-order valence-electron chi connectivity index (χ4n) is 1.90. The normalized spacial score (nSPS) is 11.1. The van der Waals surface area contributed by atoms with Crippen LogP contribution in [0.25, 0.3) is 11.4 Å². The second-order valence-electron chi connectivity index (χ2n) is 4.48. The quantitative estimate of drug-likeness (QED) is 0.566. The van der Waals surface area contributed by atoms with Crippen LogP contribution in [-0.4, -0.2) is 26.2 Å². The number of rotatable bonds is 3. The van der Waals surface area contributed by atoms with Gasteiger partial charge in [-0.1, -0.05) is 29.8 Å². The number of phenols is 1. The van der Waals surface area contributed by atoms with Crippen molar-refractivity contribution in [1.29, 1.82) is 0 Å². The van der Waals surface area contributed by atoms with Crippen LogP contribution in [0.3, 0.4) is 0 Å². The molecule has 0 radical (unpaired) electrons. The lowest BCUT2D eigenvalue weighted by Gasteiger charge is -2.01. The number of aromatic hydroxyl groups is 1. The minimum absolute atomic E-state index is 0.184. The maximum Gasteiger partial charge on any atom is 0.216 e. The average Bonchev–Trinajstić information content (AvgIpc) is 2.88. The number of hydrogen-bond donors (Lipinski definition) is 2. The summed E-state index contributed by atoms with van der Waals surface area (Å²) in [4.78, 5) is 0. The number of benzene rings is 2. The minimum atomic E-state index is 0.184. The number of halogens is 1. The van der Waals surface area contributed by atoms with Crippen LogP contribution in [0.5, 0.6) is 5.75 Å². The van der Waals surface area contributed by atoms with Crippen molar-refractivity contribution in [3.05, 3.63) is 63.9 Å². The lowest BCUT2D eigenvalue weighted by atomic mass is 10.2. The van der Waals surface area contributed by atoms with E-state index in [1.54, 1.807) is 36.5 Å². The summed E-state index contributed by atoms with van der Waals surface area (Å²) < 4.78 is 1.87. The molecule has 0 saturated carbocycles. The third-order valence-electron chi connectivity index (χ3n) is 2.99. The van der Waals surface area contributed by atoms with Crippen LogP contribution in [0.1, 0.15) is 5.56 Å². The standard InChI is InChI=1S/C15H11ClN4OS/c16-13-4-2-1-3-11(13)9-17-20-14(18-19-15(20)22)10-5-7-12(21)8-6-10/h1-9,21H,(H,19,22)/b17-9+. The van der Waals surface area contributed by atoms with Crippen LogP contribution in [0.15, 0.2) is 53.6 Å². The molecule has 0 unspecified atom stereocenters. The summed E-state index contributed by atoms with van der Waals surface area (Å²) >= 11 is 11.3. The Labute approximate surface area is 136 Å². The SMILES string of the molecule is Oc1ccc(-c2n[nH]c(=S)n2/N=C/c2ccccc2Cl)cc1. The molecule has 0 aliphatic rings. The van der Waals surface area contributed by atoms with Crippen molar-refractivity contribution in [1.82, 2.24) is 14.9 Å². The molecule has 1 aromatic heterocycles. The first-order chi connectivity index (χ1) is 10.6. The number of nitrogens with zero attached hydrogens (tertiary/aromatic N) is 3. The lowest BCUT2D eigenvalue weighted by molar-refractivity contribution is 0.475. The molecule has 0 amide bonds. The lowest BCUT2D eigenvalue weighted by Crippen LogP contribution is -1.95. The van der Waals surface area contributed by atoms with Gasteiger partial charge in [-0.25, -0.2) is 5.10 Å². The van der Waals surface area contributed by atoms with E-state index in [0.29, 0.717) is 15.6 Å². The maximum absolute atomic E-state index is 9.36. The van der Waals surface area contributed by atoms with Gasteiger partial charge in [0.2, 0.25) is 4.77 Å². The first-order valence-electron chi connectivity index (χ1n) is 6.41. The van der Waals surface area contributed by atoms with Gasteiger partial charge in [0.1, 0.15) is 5.75 Å². The molecular formula is C15H11ClN4OS. The van der Waals surface area contributed by atoms with Crippen molar-refractivity contribution in [3.63, 3.8) is 0 Å². The molecule has 0 bridgehead atoms. The van der Waals surface area contributed by atoms with Gasteiger partial charge in [-0.2, -0.15) is 14.9 Å². The smallest absolute Gasteiger partial charge is 0.216 e. The van der Waals surface area contributed by atoms with Gasteiger partial charge in [-0.3, -0.25) is 0 Å². The largest absolute Gasteiger partial charge is 0.508 e. The fourth-order valence-corrected chi connectivity index (χ4v) is 2.26. The predicted octanol–water partition coefficient (Wildman–Crippen LogP) is 3.85. The van der Waals surface area contributed by atoms with Crippen molar-refractivity contribution in [2.24, 2.45) is 5.10 Å². The Hall–Kier alpha value is -2.44. The fraction of sp³-hybridized carbons (Fsp3) is 0. The van der Waals surface area contributed by atoms with Crippen LogP contribution in [0.4, 0.5) is 0 Å². The molecule has 110 valence electrons. The van der Waals surface area contributed by atoms with Gasteiger partial charge >= 0.3 is 0 Å². The molecule has 0 aliphatic heterocycles. The summed E-state index contributed by atoms with van der Waals surface area (Å²) in [6, 6.07) is 14.0. The van der Waals surface area contributed by atoms with E-state index in [2.05, 4.69) is 15.3 Å². The van der Waals surface area contributed by atoms with E-state index in [1.165, 1.54) is 4.68 Å². The Morgan fingerprint density at radius 3 is 2.64 bits per heavy atom. The maximum atomic E-state index is 9.36. The first-order valence-corrected chi connectivity index (χ1v) is 7.19. The van der Waals surface area contributed by atoms with E-state index in [1.807, 2.05) is 18.2 Å². The Kier molecular flexibility index (Phi) is 4.04. The number of nitrogens with one attached hydrogen (secondary N) is 1. The van der Waals surface area contributed by atoms with E-state index >= 15 is 0 Å². The Morgan fingerprint density at radius 1 is 1.18 bits per heavy atom. The van der Waals surface area contributed by atoms with Crippen LogP contribution in [0.2, 0.25) is 5.02 Å². The molecule has 1 heterocycles. The van der Waals surface area contributed by atoms with E-state index in [4.69, 9.17) is 23.8 Å². The number of hydrogen-bond acceptors (Lipinski definition) is 4. The molecule has 0 spiro atoms. The summed E-state index contributed by atoms with van der Waals surface area (Å²) in [7, 11) is 0. The van der Waals surface area contributed by atoms with Crippen molar-refractivity contribution < 1.29 is 5.11 Å². The molecule has 3 aromatic rings. The van der Waals surface area contributed by atoms with Gasteiger partial charge in [0.25, 0.3) is 0 Å². The van der Waals surface area contributed by atoms with Crippen LogP contribution < -0.4 is 0 Å². The zero-order chi connectivity index (χ0) is 15.5. The molecule has 7 heteroatoms. The summed E-state index contributed by atoms with van der Waals surface area (Å²) in [5, 5.41) is 21.2. The van der Waals surface area contributed by atoms with Crippen LogP contribution >= 0.6 is 23.8 Å². The van der Waals surface area contributed by atoms with Crippen molar-refractivity contribution in [2.45, 2.75) is 0 Å². The summed E-state index contributed by atoms with van der Waals surface area (Å²) in [5.74, 6) is 0.734. The molecule has 3 rings (SSSR count). The number of aromatic amines is 1. The molecule has 5 nitrogen and oxygen atoms in total. The monoisotopic (exact) mass is 330 g/mol. The third-order valence-corrected chi connectivity index (χ3v) is 3.60. The molecule has 0 saturated heterocycles. The van der Waals surface area contributed by atoms with Gasteiger partial charge in [0, 0.05) is 16.1 Å². The van der Waals surface area contributed by atoms with Gasteiger partial charge < -0.3 is 5.11 Å². The third kappa shape index (κ3) is 2.93. The highest BCUT2D eigenvalue weighted by Crippen LogP contribution is 2.20. The average molecular weight is 331 g/mol. The predicted molar refractivity (Wildman–Crippen MR) is 89.0 cm³/mol. The number of aromatic nitrogens is 3. The van der Waals surface area contributed by atoms with Gasteiger partial charge in [-0.15, -0.1) is 0 Å². The van der Waals surface area contributed by atoms with Crippen LogP contribution in [-0.2, 0) is 0 Å². The van der Waals surface area contributed by atoms with E-state index < -0.39 is 0 Å². The molecule has 22 heavy (non-hydrogen) atoms. The number of H-pyrrole nitrogens is 1. The molecule has 0 atom stereocenters. The van der Waals surface area contributed by atoms with Crippen molar-refractivity contribution in [3.8, 4) is 17.1 Å². The second kappa shape index (κ2) is 6.13. The molecular weight excluding hydrogens is 320 g/mol. The van der Waals surface area contributed by atoms with Gasteiger partial charge in [0.15, 0.2) is 5.82 Å². The van der Waals surface area contributed by atoms with E-state index in [0.717, 1.165) is 11.1 Å². The Balaban J connectivity index is 2.01. The highest BCUT2D eigenvalue weighted by Gasteiger charge is 2.08. The molecule has 2 aromatic carbocycles. The van der Waals surface area contributed by atoms with Crippen molar-refractivity contribution >= 4 is 30.0 Å². The molecule has 0 aliphatic carbocycles. The summed E-state index contributed by atoms with van der Waals surface area (Å²) in [6.07, 6.45) is 1.62. The zero-order valence-electron chi connectivity index (χ0n) is 11.3. The van der Waals surface area contributed by atoms with Gasteiger partial charge in [0.05, 0.1) is 6.21 Å². The topological polar surface area (TPSA) is 66.2 Å². The Morgan fingerprint density at radius 2 is 1.91 bits per heavy atom. The summed E-state index contributed by atoms with van der Waals surface area (Å²) in [5.41, 5.74) is 1.56. The van der Waals surface area contributed by atoms with Crippen LogP contribution in [0, 0.1) is 4.77 Å². The highest BCUT2D eigenvalue weighted by molar-refractivity contribution is 7.71. The van der Waals surface area contributed by atoms with Crippen molar-refractivity contribution in [2.75, 3.05) is 0 Å². The van der Waals surface area contributed by atoms with E-state index in [-0.39, 0.29) is 5.75 Å². The second-order valence-corrected chi connectivity index (χ2v) is 5.27. The molecule has 2 N–H and O–H groups in total. The zero-order valence-corrected chi connectivity index (χ0v) is 12.8. The van der Waals surface area contributed by atoms with Gasteiger partial charge in [-0.05, 0) is 42.5 Å². The minimum Gasteiger partial charge on any atom is -0.508 e. The molecule has 0 fully saturated rings. The summed E-state index contributed by atoms with van der Waals surface area (Å²) in [6.45, 7) is 0. The van der Waals surface area contributed by atoms with E-state index in [9.17, 15) is 5.11 Å². The number of phenolic OH excluding ortho intramolecular Hbond substituents is 1. The first kappa shape index (κ1) is 14.5. The Bertz CT molecular complexity index is 883. The highest BCUT2D eigenvalue weighted by atomic mass is 35.5.